The molecule has 9 aromatic rings. The van der Waals surface area contributed by atoms with E-state index in [1.165, 1.54) is 125 Å². The van der Waals surface area contributed by atoms with Gasteiger partial charge < -0.3 is 0 Å². The molecule has 0 spiro atoms. The Morgan fingerprint density at radius 1 is 0.192 bits per heavy atom. The normalized spacial score (nSPS) is 13.1. The first-order valence-electron chi connectivity index (χ1n) is 28.8. The summed E-state index contributed by atoms with van der Waals surface area (Å²) in [7, 11) is 0. The van der Waals surface area contributed by atoms with Crippen molar-refractivity contribution < 1.29 is 0 Å². The molecule has 0 unspecified atom stereocenters. The molecular weight excluding hydrogens is 1200 g/mol. The molecule has 0 radical (unpaired) electrons. The van der Waals surface area contributed by atoms with Gasteiger partial charge in [-0.15, -0.1) is 0 Å². The van der Waals surface area contributed by atoms with Crippen molar-refractivity contribution in [3.8, 4) is 0 Å². The van der Waals surface area contributed by atoms with Crippen LogP contribution in [0.1, 0.15) is 97.8 Å². The van der Waals surface area contributed by atoms with Crippen molar-refractivity contribution in [2.75, 3.05) is 18.5 Å². The maximum atomic E-state index is 4.50. The molecule has 6 heteroatoms. The molecule has 9 rings (SSSR count). The second-order valence-corrected chi connectivity index (χ2v) is 48.1. The van der Waals surface area contributed by atoms with Crippen molar-refractivity contribution in [1.29, 1.82) is 0 Å². The first-order valence-corrected chi connectivity index (χ1v) is 42.1. The van der Waals surface area contributed by atoms with E-state index in [2.05, 4.69) is 340 Å². The fourth-order valence-corrected chi connectivity index (χ4v) is 34.9. The zero-order chi connectivity index (χ0) is 55.0. The second kappa shape index (κ2) is 29.4. The molecule has 0 heterocycles. The SMILES string of the molecule is CCCCCCP(Br)(c1ccccc1)(c1ccccc1)c1ccccc1.CCCCCCP(Br)(c1ccccc1)(c1ccccc1)c1ccccc1.CCCCCCP(Br)(c1ccccc1)(c1ccccc1)c1ccccc1. The maximum absolute atomic E-state index is 4.50. The first-order chi connectivity index (χ1) is 38.1. The van der Waals surface area contributed by atoms with Crippen LogP contribution in [0.4, 0.5) is 0 Å². The summed E-state index contributed by atoms with van der Waals surface area (Å²) in [4.78, 5) is 0. The number of benzene rings is 9. The summed E-state index contributed by atoms with van der Waals surface area (Å²) in [5, 5.41) is 4.80. The summed E-state index contributed by atoms with van der Waals surface area (Å²) in [5.41, 5.74) is 0. The quantitative estimate of drug-likeness (QED) is 0.0418. The van der Waals surface area contributed by atoms with E-state index in [9.17, 15) is 0 Å². The van der Waals surface area contributed by atoms with Crippen LogP contribution in [-0.2, 0) is 0 Å². The fraction of sp³-hybridized carbons (Fsp3) is 0.250. The van der Waals surface area contributed by atoms with Gasteiger partial charge in [0.2, 0.25) is 0 Å². The van der Waals surface area contributed by atoms with Crippen LogP contribution in [0.15, 0.2) is 273 Å². The summed E-state index contributed by atoms with van der Waals surface area (Å²) >= 11 is 13.5. The molecule has 408 valence electrons. The molecule has 0 fully saturated rings. The molecule has 0 N–H and O–H groups in total. The van der Waals surface area contributed by atoms with Gasteiger partial charge in [-0.25, -0.2) is 0 Å². The third-order valence-corrected chi connectivity index (χ3v) is 46.0. The van der Waals surface area contributed by atoms with E-state index >= 15 is 0 Å². The summed E-state index contributed by atoms with van der Waals surface area (Å²) in [6, 6.07) is 99.8. The Hall–Kier alpha value is -4.29. The standard InChI is InChI=1S/3C24H28BrP/c3*1-2-3-4-14-21-26(25,22-15-8-5-9-16-22,23-17-10-6-11-18-23)24-19-12-7-13-20-24/h3*5-13,15-20H,2-4,14,21H2,1H3. The summed E-state index contributed by atoms with van der Waals surface area (Å²) in [5.74, 6) is 0. The molecule has 0 bridgehead atoms. The Morgan fingerprint density at radius 3 is 0.436 bits per heavy atom. The van der Waals surface area contributed by atoms with Crippen LogP contribution in [0, 0.1) is 0 Å². The molecule has 0 aliphatic rings. The van der Waals surface area contributed by atoms with Crippen LogP contribution in [0.5, 0.6) is 0 Å². The monoisotopic (exact) mass is 1280 g/mol. The van der Waals surface area contributed by atoms with Gasteiger partial charge >= 0.3 is 499 Å². The predicted molar refractivity (Wildman–Crippen MR) is 369 cm³/mol. The third-order valence-electron chi connectivity index (χ3n) is 15.9. The van der Waals surface area contributed by atoms with Crippen molar-refractivity contribution in [2.24, 2.45) is 0 Å². The van der Waals surface area contributed by atoms with Crippen LogP contribution < -0.4 is 47.7 Å². The van der Waals surface area contributed by atoms with Crippen molar-refractivity contribution >= 4 is 110 Å². The predicted octanol–water partition coefficient (Wildman–Crippen LogP) is 19.2. The molecular formula is C72H84Br3P3. The van der Waals surface area contributed by atoms with Crippen LogP contribution in [0.25, 0.3) is 0 Å². The zero-order valence-electron chi connectivity index (χ0n) is 46.6. The third kappa shape index (κ3) is 13.4. The Balaban J connectivity index is 0.000000170. The average molecular weight is 1280 g/mol. The van der Waals surface area contributed by atoms with Gasteiger partial charge in [0.05, 0.1) is 0 Å². The van der Waals surface area contributed by atoms with Crippen LogP contribution in [0.2, 0.25) is 0 Å². The van der Waals surface area contributed by atoms with Gasteiger partial charge in [0.25, 0.3) is 0 Å². The molecule has 0 amide bonds. The molecule has 0 nitrogen and oxygen atoms in total. The van der Waals surface area contributed by atoms with Crippen LogP contribution in [0.3, 0.4) is 0 Å². The molecule has 0 saturated carbocycles. The van der Waals surface area contributed by atoms with Gasteiger partial charge in [0.15, 0.2) is 0 Å². The van der Waals surface area contributed by atoms with Gasteiger partial charge in [-0.05, 0) is 0 Å². The van der Waals surface area contributed by atoms with E-state index in [0.29, 0.717) is 0 Å². The summed E-state index contributed by atoms with van der Waals surface area (Å²) < 4.78 is 0. The second-order valence-electron chi connectivity index (χ2n) is 20.9. The van der Waals surface area contributed by atoms with Gasteiger partial charge in [0.1, 0.15) is 0 Å². The molecule has 0 aromatic heterocycles. The first kappa shape index (κ1) is 61.3. The number of halogens is 3. The number of hydrogen-bond acceptors (Lipinski definition) is 0. The van der Waals surface area contributed by atoms with Crippen LogP contribution in [-0.4, -0.2) is 18.5 Å². The number of hydrogen-bond donors (Lipinski definition) is 0. The number of rotatable bonds is 24. The van der Waals surface area contributed by atoms with E-state index in [0.717, 1.165) is 18.5 Å². The molecule has 9 aromatic carbocycles. The summed E-state index contributed by atoms with van der Waals surface area (Å²) in [6.07, 6.45) is 18.7. The van der Waals surface area contributed by atoms with Gasteiger partial charge in [-0.1, -0.05) is 0 Å². The topological polar surface area (TPSA) is 0 Å². The van der Waals surface area contributed by atoms with E-state index in [1.54, 1.807) is 0 Å². The number of unbranched alkanes of at least 4 members (excludes halogenated alkanes) is 9. The minimum absolute atomic E-state index is 1.16. The molecule has 78 heavy (non-hydrogen) atoms. The van der Waals surface area contributed by atoms with E-state index in [4.69, 9.17) is 0 Å². The fourth-order valence-electron chi connectivity index (χ4n) is 11.7. The van der Waals surface area contributed by atoms with Crippen molar-refractivity contribution in [2.45, 2.75) is 97.8 Å². The van der Waals surface area contributed by atoms with Crippen LogP contribution >= 0.6 is 62.4 Å². The molecule has 0 aliphatic carbocycles. The Kier molecular flexibility index (Phi) is 23.1. The van der Waals surface area contributed by atoms with Gasteiger partial charge in [0, 0.05) is 0 Å². The summed E-state index contributed by atoms with van der Waals surface area (Å²) in [6.45, 7) is 6.83. The van der Waals surface area contributed by atoms with Gasteiger partial charge in [-0.2, -0.15) is 0 Å². The average Bonchev–Trinajstić information content (AvgIpc) is 3.70. The van der Waals surface area contributed by atoms with Crippen molar-refractivity contribution in [3.05, 3.63) is 273 Å². The Morgan fingerprint density at radius 2 is 0.321 bits per heavy atom. The van der Waals surface area contributed by atoms with Crippen molar-refractivity contribution in [1.82, 2.24) is 0 Å². The van der Waals surface area contributed by atoms with E-state index in [1.807, 2.05) is 0 Å². The minimum atomic E-state index is -2.67. The van der Waals surface area contributed by atoms with E-state index < -0.39 is 15.9 Å². The zero-order valence-corrected chi connectivity index (χ0v) is 54.0. The molecule has 0 saturated heterocycles. The van der Waals surface area contributed by atoms with Gasteiger partial charge in [-0.3, -0.25) is 0 Å². The van der Waals surface area contributed by atoms with E-state index in [-0.39, 0.29) is 0 Å². The Labute approximate surface area is 495 Å². The Bertz CT molecular complexity index is 2440. The molecule has 0 atom stereocenters. The molecule has 0 aliphatic heterocycles. The van der Waals surface area contributed by atoms with Crippen molar-refractivity contribution in [3.63, 3.8) is 0 Å².